The summed E-state index contributed by atoms with van der Waals surface area (Å²) in [6, 6.07) is 7.79. The Kier molecular flexibility index (Phi) is 10.8. The molecular formula is C11H23N3. The van der Waals surface area contributed by atoms with E-state index >= 15 is 0 Å². The van der Waals surface area contributed by atoms with Crippen molar-refractivity contribution >= 4 is 11.4 Å². The van der Waals surface area contributed by atoms with Crippen LogP contribution in [-0.4, -0.2) is 21.1 Å². The first-order valence-corrected chi connectivity index (χ1v) is 4.81. The van der Waals surface area contributed by atoms with E-state index in [1.54, 1.807) is 0 Å². The quantitative estimate of drug-likeness (QED) is 0.676. The summed E-state index contributed by atoms with van der Waals surface area (Å²) in [6.45, 7) is 4.00. The normalized spacial score (nSPS) is 7.57. The van der Waals surface area contributed by atoms with E-state index in [2.05, 4.69) is 5.73 Å². The van der Waals surface area contributed by atoms with Crippen LogP contribution < -0.4 is 16.4 Å². The highest BCUT2D eigenvalue weighted by Gasteiger charge is 1.91. The number of hydrogen-bond acceptors (Lipinski definition) is 3. The monoisotopic (exact) mass is 197 g/mol. The maximum atomic E-state index is 5.51. The molecule has 82 valence electrons. The molecule has 0 unspecified atom stereocenters. The minimum atomic E-state index is 0.811. The highest BCUT2D eigenvalue weighted by atomic mass is 15.1. The molecule has 0 atom stereocenters. The predicted molar refractivity (Wildman–Crippen MR) is 66.6 cm³/mol. The van der Waals surface area contributed by atoms with Crippen molar-refractivity contribution in [2.75, 3.05) is 31.8 Å². The number of nitrogens with zero attached hydrogens (tertiary/aromatic N) is 1. The molecular weight excluding hydrogens is 174 g/mol. The molecule has 0 aliphatic heterocycles. The zero-order chi connectivity index (χ0) is 11.6. The zero-order valence-electron chi connectivity index (χ0n) is 9.91. The number of nitrogens with two attached hydrogens (primary N) is 2. The van der Waals surface area contributed by atoms with Crippen LogP contribution in [0.25, 0.3) is 0 Å². The largest absolute Gasteiger partial charge is 0.399 e. The topological polar surface area (TPSA) is 55.3 Å². The molecule has 4 N–H and O–H groups in total. The van der Waals surface area contributed by atoms with Crippen LogP contribution in [0.4, 0.5) is 11.4 Å². The van der Waals surface area contributed by atoms with Gasteiger partial charge in [-0.05, 0) is 31.3 Å². The molecule has 0 spiro atoms. The second-order valence-corrected chi connectivity index (χ2v) is 2.49. The van der Waals surface area contributed by atoms with Crippen LogP contribution in [0, 0.1) is 0 Å². The van der Waals surface area contributed by atoms with E-state index in [9.17, 15) is 0 Å². The average molecular weight is 197 g/mol. The smallest absolute Gasteiger partial charge is 0.0362 e. The second kappa shape index (κ2) is 9.86. The number of hydrogen-bond donors (Lipinski definition) is 2. The van der Waals surface area contributed by atoms with E-state index in [1.165, 1.54) is 12.7 Å². The van der Waals surface area contributed by atoms with Gasteiger partial charge in [0.05, 0.1) is 0 Å². The minimum Gasteiger partial charge on any atom is -0.399 e. The molecule has 0 aromatic heterocycles. The zero-order valence-corrected chi connectivity index (χ0v) is 9.91. The summed E-state index contributed by atoms with van der Waals surface area (Å²) in [5.41, 5.74) is 12.0. The molecule has 0 heterocycles. The first-order valence-electron chi connectivity index (χ1n) is 4.81. The molecule has 0 amide bonds. The molecule has 0 saturated carbocycles. The molecule has 1 aromatic carbocycles. The third-order valence-corrected chi connectivity index (χ3v) is 1.41. The third-order valence-electron chi connectivity index (χ3n) is 1.41. The van der Waals surface area contributed by atoms with Crippen molar-refractivity contribution in [2.24, 2.45) is 5.73 Å². The number of nitrogen functional groups attached to an aromatic ring is 1. The standard InChI is InChI=1S/C8H12N2.C2H6.CH5N/c1-10(2)8-5-3-7(9)4-6-8;2*1-2/h3-6H,9H2,1-2H3;1-2H3;2H2,1H3. The van der Waals surface area contributed by atoms with Crippen molar-refractivity contribution in [3.05, 3.63) is 24.3 Å². The lowest BCUT2D eigenvalue weighted by molar-refractivity contribution is 1.13. The Bertz CT molecular complexity index is 204. The van der Waals surface area contributed by atoms with Gasteiger partial charge in [0, 0.05) is 25.5 Å². The number of benzene rings is 1. The van der Waals surface area contributed by atoms with Crippen molar-refractivity contribution < 1.29 is 0 Å². The van der Waals surface area contributed by atoms with E-state index in [-0.39, 0.29) is 0 Å². The van der Waals surface area contributed by atoms with Gasteiger partial charge in [-0.3, -0.25) is 0 Å². The summed E-state index contributed by atoms with van der Waals surface area (Å²) < 4.78 is 0. The lowest BCUT2D eigenvalue weighted by atomic mass is 10.3. The van der Waals surface area contributed by atoms with Gasteiger partial charge < -0.3 is 16.4 Å². The van der Waals surface area contributed by atoms with E-state index in [4.69, 9.17) is 5.73 Å². The Hall–Kier alpha value is -1.22. The lowest BCUT2D eigenvalue weighted by Crippen LogP contribution is -2.08. The van der Waals surface area contributed by atoms with Crippen LogP contribution in [-0.2, 0) is 0 Å². The summed E-state index contributed by atoms with van der Waals surface area (Å²) in [6.07, 6.45) is 0. The number of anilines is 2. The van der Waals surface area contributed by atoms with Crippen LogP contribution in [0.5, 0.6) is 0 Å². The van der Waals surface area contributed by atoms with Crippen LogP contribution in [0.2, 0.25) is 0 Å². The Labute approximate surface area is 87.7 Å². The first kappa shape index (κ1) is 15.3. The van der Waals surface area contributed by atoms with Gasteiger partial charge in [-0.2, -0.15) is 0 Å². The summed E-state index contributed by atoms with van der Waals surface area (Å²) >= 11 is 0. The molecule has 0 radical (unpaired) electrons. The molecule has 0 aliphatic rings. The summed E-state index contributed by atoms with van der Waals surface area (Å²) in [4.78, 5) is 2.04. The third kappa shape index (κ3) is 6.31. The average Bonchev–Trinajstić information content (AvgIpc) is 2.24. The van der Waals surface area contributed by atoms with Crippen molar-refractivity contribution in [3.63, 3.8) is 0 Å². The van der Waals surface area contributed by atoms with Gasteiger partial charge >= 0.3 is 0 Å². The SMILES string of the molecule is CC.CN.CN(C)c1ccc(N)cc1. The van der Waals surface area contributed by atoms with E-state index < -0.39 is 0 Å². The molecule has 3 nitrogen and oxygen atoms in total. The van der Waals surface area contributed by atoms with Gasteiger partial charge in [-0.15, -0.1) is 0 Å². The minimum absolute atomic E-state index is 0.811. The van der Waals surface area contributed by atoms with Gasteiger partial charge in [0.2, 0.25) is 0 Å². The maximum Gasteiger partial charge on any atom is 0.0362 e. The Morgan fingerprint density at radius 3 is 1.57 bits per heavy atom. The molecule has 14 heavy (non-hydrogen) atoms. The highest BCUT2D eigenvalue weighted by molar-refractivity contribution is 5.51. The van der Waals surface area contributed by atoms with E-state index in [0.717, 1.165) is 5.69 Å². The van der Waals surface area contributed by atoms with Gasteiger partial charge in [-0.25, -0.2) is 0 Å². The Morgan fingerprint density at radius 2 is 1.29 bits per heavy atom. The van der Waals surface area contributed by atoms with Crippen LogP contribution in [0.1, 0.15) is 13.8 Å². The number of rotatable bonds is 1. The second-order valence-electron chi connectivity index (χ2n) is 2.49. The molecule has 1 aromatic rings. The van der Waals surface area contributed by atoms with Gasteiger partial charge in [0.1, 0.15) is 0 Å². The predicted octanol–water partition coefficient (Wildman–Crippen LogP) is 1.94. The lowest BCUT2D eigenvalue weighted by Gasteiger charge is -2.11. The van der Waals surface area contributed by atoms with Crippen molar-refractivity contribution in [1.82, 2.24) is 0 Å². The fourth-order valence-electron chi connectivity index (χ4n) is 0.772. The van der Waals surface area contributed by atoms with Crippen LogP contribution in [0.15, 0.2) is 24.3 Å². The molecule has 3 heteroatoms. The summed E-state index contributed by atoms with van der Waals surface area (Å²) in [7, 11) is 5.51. The van der Waals surface area contributed by atoms with Crippen LogP contribution >= 0.6 is 0 Å². The van der Waals surface area contributed by atoms with Gasteiger partial charge in [0.15, 0.2) is 0 Å². The van der Waals surface area contributed by atoms with Crippen LogP contribution in [0.3, 0.4) is 0 Å². The maximum absolute atomic E-state index is 5.51. The molecule has 1 rings (SSSR count). The summed E-state index contributed by atoms with van der Waals surface area (Å²) in [5.74, 6) is 0. The van der Waals surface area contributed by atoms with Crippen molar-refractivity contribution in [1.29, 1.82) is 0 Å². The van der Waals surface area contributed by atoms with Gasteiger partial charge in [0.25, 0.3) is 0 Å². The van der Waals surface area contributed by atoms with E-state index in [1.807, 2.05) is 57.1 Å². The van der Waals surface area contributed by atoms with E-state index in [0.29, 0.717) is 0 Å². The Balaban J connectivity index is 0. The fourth-order valence-corrected chi connectivity index (χ4v) is 0.772. The van der Waals surface area contributed by atoms with Gasteiger partial charge in [-0.1, -0.05) is 13.8 Å². The molecule has 0 aliphatic carbocycles. The molecule has 0 fully saturated rings. The van der Waals surface area contributed by atoms with Crippen molar-refractivity contribution in [3.8, 4) is 0 Å². The molecule has 0 bridgehead atoms. The Morgan fingerprint density at radius 1 is 0.929 bits per heavy atom. The summed E-state index contributed by atoms with van der Waals surface area (Å²) in [5, 5.41) is 0. The first-order chi connectivity index (χ1) is 6.70. The molecule has 0 saturated heterocycles. The van der Waals surface area contributed by atoms with Crippen molar-refractivity contribution in [2.45, 2.75) is 13.8 Å². The fraction of sp³-hybridized carbons (Fsp3) is 0.455. The highest BCUT2D eigenvalue weighted by Crippen LogP contribution is 2.12.